The fourth-order valence-corrected chi connectivity index (χ4v) is 3.20. The van der Waals surface area contributed by atoms with E-state index in [0.717, 1.165) is 27.3 Å². The highest BCUT2D eigenvalue weighted by molar-refractivity contribution is 9.10. The molecule has 2 rings (SSSR count). The van der Waals surface area contributed by atoms with Crippen LogP contribution in [0.25, 0.3) is 0 Å². The van der Waals surface area contributed by atoms with Gasteiger partial charge in [-0.15, -0.1) is 0 Å². The molecule has 2 aromatic rings. The molecular weight excluding hydrogens is 346 g/mol. The first-order valence-corrected chi connectivity index (χ1v) is 8.40. The molecule has 0 fully saturated rings. The largest absolute Gasteiger partial charge is 0.383 e. The molecule has 1 nitrogen and oxygen atoms in total. The van der Waals surface area contributed by atoms with Gasteiger partial charge in [0.2, 0.25) is 0 Å². The molecule has 0 radical (unpaired) electrons. The number of rotatable bonds is 5. The summed E-state index contributed by atoms with van der Waals surface area (Å²) in [6.07, 6.45) is 0. The van der Waals surface area contributed by atoms with Crippen LogP contribution >= 0.6 is 27.5 Å². The zero-order valence-electron chi connectivity index (χ0n) is 12.7. The lowest BCUT2D eigenvalue weighted by Crippen LogP contribution is -2.18. The maximum Gasteiger partial charge on any atom is 0.0499 e. The topological polar surface area (TPSA) is 12.0 Å². The van der Waals surface area contributed by atoms with E-state index >= 15 is 0 Å². The van der Waals surface area contributed by atoms with Gasteiger partial charge in [-0.05, 0) is 52.0 Å². The molecule has 0 aliphatic heterocycles. The normalized spacial score (nSPS) is 12.5. The summed E-state index contributed by atoms with van der Waals surface area (Å²) in [4.78, 5) is 0. The van der Waals surface area contributed by atoms with Crippen molar-refractivity contribution >= 4 is 33.2 Å². The average Bonchev–Trinajstić information content (AvgIpc) is 2.45. The highest BCUT2D eigenvalue weighted by Gasteiger charge is 2.16. The molecule has 112 valence electrons. The van der Waals surface area contributed by atoms with Crippen LogP contribution in [0.2, 0.25) is 5.02 Å². The van der Waals surface area contributed by atoms with Gasteiger partial charge in [-0.25, -0.2) is 0 Å². The Bertz CT molecular complexity index is 596. The van der Waals surface area contributed by atoms with Crippen LogP contribution in [-0.4, -0.2) is 6.54 Å². The van der Waals surface area contributed by atoms with Crippen molar-refractivity contribution in [2.45, 2.75) is 26.7 Å². The average molecular weight is 367 g/mol. The third-order valence-corrected chi connectivity index (χ3v) is 4.86. The van der Waals surface area contributed by atoms with E-state index in [9.17, 15) is 0 Å². The Morgan fingerprint density at radius 2 is 1.81 bits per heavy atom. The molecule has 21 heavy (non-hydrogen) atoms. The first-order chi connectivity index (χ1) is 9.99. The lowest BCUT2D eigenvalue weighted by molar-refractivity contribution is 0.517. The zero-order chi connectivity index (χ0) is 15.4. The van der Waals surface area contributed by atoms with E-state index < -0.39 is 0 Å². The van der Waals surface area contributed by atoms with Gasteiger partial charge in [0.1, 0.15) is 0 Å². The maximum absolute atomic E-state index is 6.22. The number of hydrogen-bond acceptors (Lipinski definition) is 1. The van der Waals surface area contributed by atoms with E-state index in [4.69, 9.17) is 11.6 Å². The Morgan fingerprint density at radius 3 is 2.43 bits per heavy atom. The Labute approximate surface area is 140 Å². The number of benzene rings is 2. The highest BCUT2D eigenvalue weighted by atomic mass is 79.9. The van der Waals surface area contributed by atoms with E-state index in [2.05, 4.69) is 71.5 Å². The molecule has 1 N–H and O–H groups in total. The molecule has 2 aromatic carbocycles. The van der Waals surface area contributed by atoms with Gasteiger partial charge in [0.25, 0.3) is 0 Å². The number of aryl methyl sites for hydroxylation is 1. The lowest BCUT2D eigenvalue weighted by Gasteiger charge is -2.23. The smallest absolute Gasteiger partial charge is 0.0499 e. The van der Waals surface area contributed by atoms with Gasteiger partial charge < -0.3 is 5.32 Å². The molecule has 0 aromatic heterocycles. The van der Waals surface area contributed by atoms with Gasteiger partial charge >= 0.3 is 0 Å². The van der Waals surface area contributed by atoms with Gasteiger partial charge in [0.05, 0.1) is 0 Å². The minimum atomic E-state index is 0.471. The summed E-state index contributed by atoms with van der Waals surface area (Å²) in [6, 6.07) is 14.7. The van der Waals surface area contributed by atoms with E-state index in [0.29, 0.717) is 11.8 Å². The summed E-state index contributed by atoms with van der Waals surface area (Å²) < 4.78 is 1.06. The van der Waals surface area contributed by atoms with Gasteiger partial charge in [-0.1, -0.05) is 55.8 Å². The quantitative estimate of drug-likeness (QED) is 0.658. The molecule has 0 aliphatic rings. The standard InChI is InChI=1S/C18H21BrClN/c1-12(2)15(14-7-5-4-6-8-14)11-21-18-10-17(20)13(3)9-16(18)19/h4-10,12,15,21H,11H2,1-3H3. The second-order valence-corrected chi connectivity index (χ2v) is 6.98. The Balaban J connectivity index is 2.15. The zero-order valence-corrected chi connectivity index (χ0v) is 15.0. The predicted molar refractivity (Wildman–Crippen MR) is 96.4 cm³/mol. The van der Waals surface area contributed by atoms with Crippen LogP contribution in [0.1, 0.15) is 30.9 Å². The molecule has 0 amide bonds. The van der Waals surface area contributed by atoms with Crippen LogP contribution in [0.4, 0.5) is 5.69 Å². The van der Waals surface area contributed by atoms with Gasteiger partial charge in [0.15, 0.2) is 0 Å². The maximum atomic E-state index is 6.22. The van der Waals surface area contributed by atoms with Crippen LogP contribution in [0.15, 0.2) is 46.9 Å². The summed E-state index contributed by atoms with van der Waals surface area (Å²) >= 11 is 9.82. The molecule has 0 aliphatic carbocycles. The fourth-order valence-electron chi connectivity index (χ4n) is 2.44. The fraction of sp³-hybridized carbons (Fsp3) is 0.333. The Hall–Kier alpha value is -0.990. The molecule has 0 saturated heterocycles. The molecular formula is C18H21BrClN. The summed E-state index contributed by atoms with van der Waals surface area (Å²) in [6.45, 7) is 7.42. The van der Waals surface area contributed by atoms with Crippen molar-refractivity contribution < 1.29 is 0 Å². The van der Waals surface area contributed by atoms with Crippen molar-refractivity contribution in [3.05, 3.63) is 63.1 Å². The van der Waals surface area contributed by atoms with E-state index in [1.807, 2.05) is 13.0 Å². The first kappa shape index (κ1) is 16.4. The molecule has 1 unspecified atom stereocenters. The van der Waals surface area contributed by atoms with Crippen molar-refractivity contribution in [3.63, 3.8) is 0 Å². The lowest BCUT2D eigenvalue weighted by atomic mass is 9.88. The third-order valence-electron chi connectivity index (χ3n) is 3.79. The minimum absolute atomic E-state index is 0.471. The van der Waals surface area contributed by atoms with Gasteiger partial charge in [-0.2, -0.15) is 0 Å². The minimum Gasteiger partial charge on any atom is -0.383 e. The van der Waals surface area contributed by atoms with Crippen LogP contribution in [-0.2, 0) is 0 Å². The van der Waals surface area contributed by atoms with E-state index in [1.165, 1.54) is 5.56 Å². The second-order valence-electron chi connectivity index (χ2n) is 5.72. The van der Waals surface area contributed by atoms with Gasteiger partial charge in [0, 0.05) is 27.6 Å². The van der Waals surface area contributed by atoms with Crippen molar-refractivity contribution in [2.75, 3.05) is 11.9 Å². The van der Waals surface area contributed by atoms with Crippen molar-refractivity contribution in [3.8, 4) is 0 Å². The Morgan fingerprint density at radius 1 is 1.14 bits per heavy atom. The molecule has 0 bridgehead atoms. The van der Waals surface area contributed by atoms with Crippen LogP contribution in [0.3, 0.4) is 0 Å². The summed E-state index contributed by atoms with van der Waals surface area (Å²) in [5.41, 5.74) is 3.50. The monoisotopic (exact) mass is 365 g/mol. The second kappa shape index (κ2) is 7.33. The van der Waals surface area contributed by atoms with Crippen LogP contribution < -0.4 is 5.32 Å². The van der Waals surface area contributed by atoms with Crippen molar-refractivity contribution in [2.24, 2.45) is 5.92 Å². The third kappa shape index (κ3) is 4.24. The molecule has 0 heterocycles. The van der Waals surface area contributed by atoms with Crippen LogP contribution in [0, 0.1) is 12.8 Å². The SMILES string of the molecule is Cc1cc(Br)c(NCC(c2ccccc2)C(C)C)cc1Cl. The molecule has 3 heteroatoms. The number of nitrogens with one attached hydrogen (secondary N) is 1. The number of anilines is 1. The van der Waals surface area contributed by atoms with E-state index in [-0.39, 0.29) is 0 Å². The predicted octanol–water partition coefficient (Wildman–Crippen LogP) is 6.26. The Kier molecular flexibility index (Phi) is 5.72. The summed E-state index contributed by atoms with van der Waals surface area (Å²) in [7, 11) is 0. The molecule has 1 atom stereocenters. The summed E-state index contributed by atoms with van der Waals surface area (Å²) in [5.74, 6) is 1.04. The first-order valence-electron chi connectivity index (χ1n) is 7.23. The number of hydrogen-bond donors (Lipinski definition) is 1. The molecule has 0 saturated carbocycles. The van der Waals surface area contributed by atoms with Gasteiger partial charge in [-0.3, -0.25) is 0 Å². The van der Waals surface area contributed by atoms with Crippen molar-refractivity contribution in [1.29, 1.82) is 0 Å². The van der Waals surface area contributed by atoms with Crippen LogP contribution in [0.5, 0.6) is 0 Å². The van der Waals surface area contributed by atoms with E-state index in [1.54, 1.807) is 0 Å². The molecule has 0 spiro atoms. The number of halogens is 2. The van der Waals surface area contributed by atoms with Crippen molar-refractivity contribution in [1.82, 2.24) is 0 Å². The summed E-state index contributed by atoms with van der Waals surface area (Å²) in [5, 5.41) is 4.32. The highest BCUT2D eigenvalue weighted by Crippen LogP contribution is 2.31.